The fourth-order valence-electron chi connectivity index (χ4n) is 1.75. The SMILES string of the molecule is CC(=O)NCCNC(=O)c1cccc(C=CC(=O)O)c1C. The van der Waals surface area contributed by atoms with Gasteiger partial charge in [0.05, 0.1) is 0 Å². The molecule has 0 bridgehead atoms. The second-order valence-electron chi connectivity index (χ2n) is 4.43. The van der Waals surface area contributed by atoms with Gasteiger partial charge in [0, 0.05) is 31.7 Å². The number of rotatable bonds is 6. The zero-order chi connectivity index (χ0) is 15.8. The molecule has 0 spiro atoms. The number of benzene rings is 1. The lowest BCUT2D eigenvalue weighted by Crippen LogP contribution is -2.33. The average Bonchev–Trinajstić information content (AvgIpc) is 2.42. The van der Waals surface area contributed by atoms with Crippen LogP contribution in [0.25, 0.3) is 6.08 Å². The number of carboxylic acids is 1. The maximum absolute atomic E-state index is 12.0. The van der Waals surface area contributed by atoms with Gasteiger partial charge >= 0.3 is 5.97 Å². The first kappa shape index (κ1) is 16.4. The maximum Gasteiger partial charge on any atom is 0.328 e. The first-order chi connectivity index (χ1) is 9.91. The van der Waals surface area contributed by atoms with E-state index in [0.29, 0.717) is 29.8 Å². The molecular weight excluding hydrogens is 272 g/mol. The normalized spacial score (nSPS) is 10.4. The molecular formula is C15H18N2O4. The summed E-state index contributed by atoms with van der Waals surface area (Å²) in [5, 5.41) is 13.9. The molecule has 6 nitrogen and oxygen atoms in total. The summed E-state index contributed by atoms with van der Waals surface area (Å²) >= 11 is 0. The van der Waals surface area contributed by atoms with Crippen LogP contribution in [0.15, 0.2) is 24.3 Å². The van der Waals surface area contributed by atoms with Crippen molar-refractivity contribution in [3.8, 4) is 0 Å². The van der Waals surface area contributed by atoms with Gasteiger partial charge in [-0.3, -0.25) is 9.59 Å². The molecule has 0 saturated carbocycles. The number of amides is 2. The summed E-state index contributed by atoms with van der Waals surface area (Å²) < 4.78 is 0. The van der Waals surface area contributed by atoms with E-state index >= 15 is 0 Å². The van der Waals surface area contributed by atoms with Crippen molar-refractivity contribution in [3.63, 3.8) is 0 Å². The van der Waals surface area contributed by atoms with Gasteiger partial charge in [0.1, 0.15) is 0 Å². The number of carboxylic acid groups (broad SMARTS) is 1. The minimum atomic E-state index is -1.04. The summed E-state index contributed by atoms with van der Waals surface area (Å²) in [5.74, 6) is -1.45. The number of carbonyl (C=O) groups excluding carboxylic acids is 2. The van der Waals surface area contributed by atoms with Crippen LogP contribution in [0, 0.1) is 6.92 Å². The van der Waals surface area contributed by atoms with Crippen LogP contribution in [-0.4, -0.2) is 36.0 Å². The van der Waals surface area contributed by atoms with Crippen LogP contribution in [0.5, 0.6) is 0 Å². The minimum Gasteiger partial charge on any atom is -0.478 e. The minimum absolute atomic E-state index is 0.152. The first-order valence-electron chi connectivity index (χ1n) is 6.45. The van der Waals surface area contributed by atoms with E-state index in [1.165, 1.54) is 13.0 Å². The molecule has 0 atom stereocenters. The van der Waals surface area contributed by atoms with Gasteiger partial charge in [0.2, 0.25) is 5.91 Å². The molecule has 0 aliphatic heterocycles. The van der Waals surface area contributed by atoms with Crippen molar-refractivity contribution in [2.45, 2.75) is 13.8 Å². The third kappa shape index (κ3) is 5.48. The molecule has 0 heterocycles. The van der Waals surface area contributed by atoms with Gasteiger partial charge in [-0.15, -0.1) is 0 Å². The van der Waals surface area contributed by atoms with Crippen LogP contribution >= 0.6 is 0 Å². The van der Waals surface area contributed by atoms with Crippen molar-refractivity contribution in [2.75, 3.05) is 13.1 Å². The Morgan fingerprint density at radius 1 is 1.19 bits per heavy atom. The summed E-state index contributed by atoms with van der Waals surface area (Å²) in [6, 6.07) is 5.10. The Balaban J connectivity index is 2.74. The highest BCUT2D eigenvalue weighted by molar-refractivity contribution is 5.97. The van der Waals surface area contributed by atoms with Gasteiger partial charge < -0.3 is 15.7 Å². The zero-order valence-corrected chi connectivity index (χ0v) is 12.0. The van der Waals surface area contributed by atoms with Gasteiger partial charge in [-0.05, 0) is 30.2 Å². The summed E-state index contributed by atoms with van der Waals surface area (Å²) in [6.07, 6.45) is 2.48. The van der Waals surface area contributed by atoms with E-state index in [1.54, 1.807) is 25.1 Å². The molecule has 0 aliphatic rings. The first-order valence-corrected chi connectivity index (χ1v) is 6.45. The van der Waals surface area contributed by atoms with Crippen LogP contribution < -0.4 is 10.6 Å². The molecule has 1 rings (SSSR count). The number of carbonyl (C=O) groups is 3. The van der Waals surface area contributed by atoms with E-state index in [9.17, 15) is 14.4 Å². The lowest BCUT2D eigenvalue weighted by atomic mass is 10.0. The van der Waals surface area contributed by atoms with Crippen molar-refractivity contribution in [2.24, 2.45) is 0 Å². The molecule has 0 fully saturated rings. The smallest absolute Gasteiger partial charge is 0.328 e. The number of aliphatic carboxylic acids is 1. The molecule has 0 unspecified atom stereocenters. The van der Waals surface area contributed by atoms with Crippen LogP contribution in [-0.2, 0) is 9.59 Å². The Labute approximate surface area is 122 Å². The Morgan fingerprint density at radius 2 is 1.86 bits per heavy atom. The monoisotopic (exact) mass is 290 g/mol. The fraction of sp³-hybridized carbons (Fsp3) is 0.267. The van der Waals surface area contributed by atoms with E-state index < -0.39 is 5.97 Å². The van der Waals surface area contributed by atoms with Crippen LogP contribution in [0.3, 0.4) is 0 Å². The van der Waals surface area contributed by atoms with E-state index in [4.69, 9.17) is 5.11 Å². The number of hydrogen-bond donors (Lipinski definition) is 3. The molecule has 2 amide bonds. The summed E-state index contributed by atoms with van der Waals surface area (Å²) in [4.78, 5) is 33.3. The van der Waals surface area contributed by atoms with Gasteiger partial charge in [-0.1, -0.05) is 12.1 Å². The quantitative estimate of drug-likeness (QED) is 0.537. The molecule has 6 heteroatoms. The van der Waals surface area contributed by atoms with Crippen molar-refractivity contribution in [1.29, 1.82) is 0 Å². The van der Waals surface area contributed by atoms with E-state index in [2.05, 4.69) is 10.6 Å². The molecule has 3 N–H and O–H groups in total. The second kappa shape index (κ2) is 7.84. The third-order valence-corrected chi connectivity index (χ3v) is 2.81. The van der Waals surface area contributed by atoms with Gasteiger partial charge in [-0.25, -0.2) is 4.79 Å². The number of hydrogen-bond acceptors (Lipinski definition) is 3. The predicted octanol–water partition coefficient (Wildman–Crippen LogP) is 0.959. The topological polar surface area (TPSA) is 95.5 Å². The lowest BCUT2D eigenvalue weighted by Gasteiger charge is -2.10. The Kier molecular flexibility index (Phi) is 6.13. The van der Waals surface area contributed by atoms with Crippen molar-refractivity contribution in [1.82, 2.24) is 10.6 Å². The van der Waals surface area contributed by atoms with E-state index in [0.717, 1.165) is 6.08 Å². The van der Waals surface area contributed by atoms with Crippen molar-refractivity contribution >= 4 is 23.9 Å². The van der Waals surface area contributed by atoms with Gasteiger partial charge in [-0.2, -0.15) is 0 Å². The van der Waals surface area contributed by atoms with E-state index in [1.807, 2.05) is 0 Å². The van der Waals surface area contributed by atoms with Crippen LogP contribution in [0.1, 0.15) is 28.4 Å². The lowest BCUT2D eigenvalue weighted by molar-refractivity contribution is -0.131. The van der Waals surface area contributed by atoms with Crippen LogP contribution in [0.4, 0.5) is 0 Å². The summed E-state index contributed by atoms with van der Waals surface area (Å²) in [6.45, 7) is 3.85. The predicted molar refractivity (Wildman–Crippen MR) is 78.9 cm³/mol. The molecule has 1 aromatic rings. The Hall–Kier alpha value is -2.63. The molecule has 1 aromatic carbocycles. The maximum atomic E-state index is 12.0. The standard InChI is InChI=1S/C15H18N2O4/c1-10-12(6-7-14(19)20)4-3-5-13(10)15(21)17-9-8-16-11(2)18/h3-7H,8-9H2,1-2H3,(H,16,18)(H,17,21)(H,19,20). The molecule has 0 radical (unpaired) electrons. The fourth-order valence-corrected chi connectivity index (χ4v) is 1.75. The Bertz CT molecular complexity index is 579. The molecule has 112 valence electrons. The highest BCUT2D eigenvalue weighted by atomic mass is 16.4. The van der Waals surface area contributed by atoms with Crippen LogP contribution in [0.2, 0.25) is 0 Å². The molecule has 0 saturated heterocycles. The highest BCUT2D eigenvalue weighted by Gasteiger charge is 2.10. The second-order valence-corrected chi connectivity index (χ2v) is 4.43. The largest absolute Gasteiger partial charge is 0.478 e. The molecule has 0 aliphatic carbocycles. The molecule has 0 aromatic heterocycles. The summed E-state index contributed by atoms with van der Waals surface area (Å²) in [5.41, 5.74) is 1.85. The van der Waals surface area contributed by atoms with Crippen molar-refractivity contribution < 1.29 is 19.5 Å². The molecule has 21 heavy (non-hydrogen) atoms. The summed E-state index contributed by atoms with van der Waals surface area (Å²) in [7, 11) is 0. The average molecular weight is 290 g/mol. The van der Waals surface area contributed by atoms with Crippen molar-refractivity contribution in [3.05, 3.63) is 41.0 Å². The van der Waals surface area contributed by atoms with Gasteiger partial charge in [0.15, 0.2) is 0 Å². The van der Waals surface area contributed by atoms with E-state index in [-0.39, 0.29) is 11.8 Å². The Morgan fingerprint density at radius 3 is 2.48 bits per heavy atom. The highest BCUT2D eigenvalue weighted by Crippen LogP contribution is 2.15. The van der Waals surface area contributed by atoms with Gasteiger partial charge in [0.25, 0.3) is 5.91 Å². The number of nitrogens with one attached hydrogen (secondary N) is 2. The third-order valence-electron chi connectivity index (χ3n) is 2.81. The zero-order valence-electron chi connectivity index (χ0n) is 12.0.